The molecule has 0 saturated heterocycles. The highest BCUT2D eigenvalue weighted by molar-refractivity contribution is 6.32. The van der Waals surface area contributed by atoms with Crippen molar-refractivity contribution in [1.82, 2.24) is 0 Å². The monoisotopic (exact) mass is 256 g/mol. The van der Waals surface area contributed by atoms with Gasteiger partial charge in [-0.2, -0.15) is 0 Å². The molecule has 0 heterocycles. The maximum Gasteiger partial charge on any atom is 0.179 e. The number of aliphatic hydroxyl groups excluding tert-OH is 1. The lowest BCUT2D eigenvalue weighted by Crippen LogP contribution is -2.12. The van der Waals surface area contributed by atoms with Gasteiger partial charge in [-0.05, 0) is 43.4 Å². The molecule has 1 N–H and O–H groups in total. The van der Waals surface area contributed by atoms with Gasteiger partial charge in [-0.3, -0.25) is 0 Å². The Morgan fingerprint density at radius 3 is 2.65 bits per heavy atom. The molecule has 17 heavy (non-hydrogen) atoms. The van der Waals surface area contributed by atoms with Crippen molar-refractivity contribution in [2.75, 3.05) is 7.11 Å². The van der Waals surface area contributed by atoms with Gasteiger partial charge < -0.3 is 14.6 Å². The van der Waals surface area contributed by atoms with E-state index in [-0.39, 0.29) is 12.7 Å². The van der Waals surface area contributed by atoms with Gasteiger partial charge >= 0.3 is 0 Å². The molecule has 0 aliphatic heterocycles. The van der Waals surface area contributed by atoms with Crippen molar-refractivity contribution >= 4 is 11.6 Å². The van der Waals surface area contributed by atoms with E-state index in [1.807, 2.05) is 0 Å². The first kappa shape index (κ1) is 12.5. The number of aliphatic hydroxyl groups is 1. The molecule has 0 bridgehead atoms. The van der Waals surface area contributed by atoms with Crippen LogP contribution in [0.25, 0.3) is 0 Å². The number of hydrogen-bond donors (Lipinski definition) is 1. The minimum absolute atomic E-state index is 0.0509. The first-order valence-electron chi connectivity index (χ1n) is 5.88. The quantitative estimate of drug-likeness (QED) is 0.899. The Morgan fingerprint density at radius 1 is 1.35 bits per heavy atom. The van der Waals surface area contributed by atoms with Gasteiger partial charge in [0.05, 0.1) is 24.8 Å². The fourth-order valence-electron chi connectivity index (χ4n) is 2.18. The van der Waals surface area contributed by atoms with Crippen LogP contribution in [-0.2, 0) is 6.61 Å². The lowest BCUT2D eigenvalue weighted by atomic mass is 10.2. The molecule has 0 atom stereocenters. The summed E-state index contributed by atoms with van der Waals surface area (Å²) in [6, 6.07) is 3.49. The molecule has 1 aromatic carbocycles. The van der Waals surface area contributed by atoms with E-state index in [1.54, 1.807) is 19.2 Å². The minimum Gasteiger partial charge on any atom is -0.491 e. The molecule has 1 aromatic rings. The summed E-state index contributed by atoms with van der Waals surface area (Å²) < 4.78 is 11.1. The van der Waals surface area contributed by atoms with Gasteiger partial charge in [0.15, 0.2) is 11.5 Å². The van der Waals surface area contributed by atoms with Gasteiger partial charge in [0.2, 0.25) is 0 Å². The van der Waals surface area contributed by atoms with Gasteiger partial charge in [-0.15, -0.1) is 0 Å². The molecule has 0 spiro atoms. The summed E-state index contributed by atoms with van der Waals surface area (Å²) in [4.78, 5) is 0. The molecule has 0 radical (unpaired) electrons. The van der Waals surface area contributed by atoms with E-state index < -0.39 is 0 Å². The Labute approximate surface area is 106 Å². The second kappa shape index (κ2) is 5.61. The van der Waals surface area contributed by atoms with Crippen molar-refractivity contribution < 1.29 is 14.6 Å². The highest BCUT2D eigenvalue weighted by Crippen LogP contribution is 2.38. The Hall–Kier alpha value is -0.930. The van der Waals surface area contributed by atoms with Crippen LogP contribution in [0.4, 0.5) is 0 Å². The topological polar surface area (TPSA) is 38.7 Å². The second-order valence-corrected chi connectivity index (χ2v) is 4.70. The third-order valence-electron chi connectivity index (χ3n) is 3.05. The largest absolute Gasteiger partial charge is 0.491 e. The average molecular weight is 257 g/mol. The van der Waals surface area contributed by atoms with Crippen molar-refractivity contribution in [3.63, 3.8) is 0 Å². The molecule has 0 unspecified atom stereocenters. The number of hydrogen-bond acceptors (Lipinski definition) is 3. The van der Waals surface area contributed by atoms with Crippen LogP contribution in [0.2, 0.25) is 5.02 Å². The van der Waals surface area contributed by atoms with E-state index in [1.165, 1.54) is 12.8 Å². The molecule has 1 fully saturated rings. The number of halogens is 1. The third kappa shape index (κ3) is 2.85. The molecule has 94 valence electrons. The summed E-state index contributed by atoms with van der Waals surface area (Å²) in [5, 5.41) is 9.63. The highest BCUT2D eigenvalue weighted by atomic mass is 35.5. The van der Waals surface area contributed by atoms with E-state index >= 15 is 0 Å². The van der Waals surface area contributed by atoms with Crippen LogP contribution in [-0.4, -0.2) is 18.3 Å². The second-order valence-electron chi connectivity index (χ2n) is 4.29. The van der Waals surface area contributed by atoms with E-state index in [0.717, 1.165) is 18.4 Å². The number of ether oxygens (including phenoxy) is 2. The van der Waals surface area contributed by atoms with Crippen molar-refractivity contribution in [3.05, 3.63) is 22.7 Å². The molecule has 1 aliphatic rings. The highest BCUT2D eigenvalue weighted by Gasteiger charge is 2.20. The van der Waals surface area contributed by atoms with E-state index in [4.69, 9.17) is 26.2 Å². The summed E-state index contributed by atoms with van der Waals surface area (Å²) in [6.07, 6.45) is 4.81. The van der Waals surface area contributed by atoms with Crippen LogP contribution in [0.5, 0.6) is 11.5 Å². The Balaban J connectivity index is 2.25. The SMILES string of the molecule is COc1c(Cl)cc(CO)cc1OC1CCCC1. The molecule has 2 rings (SSSR count). The fourth-order valence-corrected chi connectivity index (χ4v) is 2.49. The smallest absolute Gasteiger partial charge is 0.179 e. The normalized spacial score (nSPS) is 16.2. The summed E-state index contributed by atoms with van der Waals surface area (Å²) in [7, 11) is 1.57. The van der Waals surface area contributed by atoms with Crippen LogP contribution in [0.3, 0.4) is 0 Å². The molecule has 3 nitrogen and oxygen atoms in total. The van der Waals surface area contributed by atoms with E-state index in [9.17, 15) is 0 Å². The molecule has 1 aliphatic carbocycles. The van der Waals surface area contributed by atoms with E-state index in [2.05, 4.69) is 0 Å². The lowest BCUT2D eigenvalue weighted by molar-refractivity contribution is 0.199. The molecular weight excluding hydrogens is 240 g/mol. The van der Waals surface area contributed by atoms with E-state index in [0.29, 0.717) is 16.5 Å². The zero-order chi connectivity index (χ0) is 12.3. The van der Waals surface area contributed by atoms with Gasteiger partial charge in [0, 0.05) is 0 Å². The standard InChI is InChI=1S/C13H17ClO3/c1-16-13-11(14)6-9(8-15)7-12(13)17-10-4-2-3-5-10/h6-7,10,15H,2-5,8H2,1H3. The third-order valence-corrected chi connectivity index (χ3v) is 3.33. The predicted molar refractivity (Wildman–Crippen MR) is 66.8 cm³/mol. The van der Waals surface area contributed by atoms with Crippen molar-refractivity contribution in [3.8, 4) is 11.5 Å². The first-order valence-corrected chi connectivity index (χ1v) is 6.26. The first-order chi connectivity index (χ1) is 8.24. The van der Waals surface area contributed by atoms with Crippen LogP contribution < -0.4 is 9.47 Å². The van der Waals surface area contributed by atoms with Crippen LogP contribution in [0.1, 0.15) is 31.2 Å². The zero-order valence-corrected chi connectivity index (χ0v) is 10.7. The minimum atomic E-state index is -0.0509. The number of rotatable bonds is 4. The molecule has 0 amide bonds. The van der Waals surface area contributed by atoms with Gasteiger partial charge in [0.25, 0.3) is 0 Å². The van der Waals surface area contributed by atoms with Gasteiger partial charge in [-0.25, -0.2) is 0 Å². The average Bonchev–Trinajstić information content (AvgIpc) is 2.81. The lowest BCUT2D eigenvalue weighted by Gasteiger charge is -2.17. The maximum absolute atomic E-state index is 9.16. The summed E-state index contributed by atoms with van der Waals surface area (Å²) in [5.41, 5.74) is 0.740. The summed E-state index contributed by atoms with van der Waals surface area (Å²) in [6.45, 7) is -0.0509. The zero-order valence-electron chi connectivity index (χ0n) is 9.91. The van der Waals surface area contributed by atoms with Crippen molar-refractivity contribution in [2.45, 2.75) is 38.4 Å². The number of methoxy groups -OCH3 is 1. The Bertz CT molecular complexity index is 386. The predicted octanol–water partition coefficient (Wildman–Crippen LogP) is 3.16. The van der Waals surface area contributed by atoms with Crippen LogP contribution in [0, 0.1) is 0 Å². The van der Waals surface area contributed by atoms with Gasteiger partial charge in [0.1, 0.15) is 0 Å². The Kier molecular flexibility index (Phi) is 4.13. The van der Waals surface area contributed by atoms with Gasteiger partial charge in [-0.1, -0.05) is 11.6 Å². The fraction of sp³-hybridized carbons (Fsp3) is 0.538. The number of benzene rings is 1. The van der Waals surface area contributed by atoms with Crippen molar-refractivity contribution in [2.24, 2.45) is 0 Å². The summed E-state index contributed by atoms with van der Waals surface area (Å²) >= 11 is 6.08. The molecule has 1 saturated carbocycles. The summed E-state index contributed by atoms with van der Waals surface area (Å²) in [5.74, 6) is 1.19. The molecule has 0 aromatic heterocycles. The van der Waals surface area contributed by atoms with Crippen LogP contribution in [0.15, 0.2) is 12.1 Å². The van der Waals surface area contributed by atoms with Crippen molar-refractivity contribution in [1.29, 1.82) is 0 Å². The molecular formula is C13H17ClO3. The maximum atomic E-state index is 9.16. The molecule has 4 heteroatoms. The van der Waals surface area contributed by atoms with Crippen LogP contribution >= 0.6 is 11.6 Å². The Morgan fingerprint density at radius 2 is 2.06 bits per heavy atom.